The molecule has 0 nitrogen and oxygen atoms in total. The maximum absolute atomic E-state index is 3.91. The normalized spacial score (nSPS) is 11.8. The maximum atomic E-state index is 3.91. The van der Waals surface area contributed by atoms with E-state index in [2.05, 4.69) is 70.0 Å². The Bertz CT molecular complexity index is 1270. The molecule has 0 fully saturated rings. The second-order valence-corrected chi connectivity index (χ2v) is 20.2. The third kappa shape index (κ3) is 14.6. The fourth-order valence-corrected chi connectivity index (χ4v) is 13.6. The van der Waals surface area contributed by atoms with Crippen molar-refractivity contribution in [2.45, 2.75) is 181 Å². The summed E-state index contributed by atoms with van der Waals surface area (Å²) < 4.78 is 5.41. The van der Waals surface area contributed by atoms with Crippen molar-refractivity contribution in [2.75, 3.05) is 0 Å². The summed E-state index contributed by atoms with van der Waals surface area (Å²) in [5.74, 6) is 0. The minimum Gasteiger partial charge on any atom is -0.138 e. The lowest BCUT2D eigenvalue weighted by molar-refractivity contribution is 0.544. The van der Waals surface area contributed by atoms with Crippen molar-refractivity contribution < 1.29 is 0 Å². The first-order valence-electron chi connectivity index (χ1n) is 19.7. The zero-order valence-electron chi connectivity index (χ0n) is 30.1. The number of hydrogen-bond donors (Lipinski definition) is 0. The molecule has 0 bridgehead atoms. The molecule has 0 saturated heterocycles. The van der Waals surface area contributed by atoms with Crippen LogP contribution in [0.5, 0.6) is 0 Å². The number of hydrogen-bond acceptors (Lipinski definition) is 4. The molecule has 0 aliphatic carbocycles. The summed E-state index contributed by atoms with van der Waals surface area (Å²) in [6.45, 7) is 4.60. The van der Waals surface area contributed by atoms with E-state index in [4.69, 9.17) is 0 Å². The highest BCUT2D eigenvalue weighted by Gasteiger charge is 2.17. The highest BCUT2D eigenvalue weighted by molar-refractivity contribution is 9.11. The number of aryl methyl sites for hydroxylation is 2. The standard InChI is InChI=1S/C42H62Br2S4/c1-3-5-7-9-11-13-15-17-19-21-23-25-27-33-29-35(43)41(45-33)39-31-37-38(47-39)32-40(48-37)42-36(44)30-34(46-42)28-26-24-22-20-18-16-14-12-10-8-6-4-2/h29-32H,3-28H2,1-2H3. The van der Waals surface area contributed by atoms with Crippen LogP contribution in [0.1, 0.15) is 178 Å². The van der Waals surface area contributed by atoms with Crippen molar-refractivity contribution in [3.63, 3.8) is 0 Å². The largest absolute Gasteiger partial charge is 0.138 e. The molecule has 0 aromatic carbocycles. The monoisotopic (exact) mass is 852 g/mol. The highest BCUT2D eigenvalue weighted by atomic mass is 79.9. The summed E-state index contributed by atoms with van der Waals surface area (Å²) in [6, 6.07) is 9.65. The lowest BCUT2D eigenvalue weighted by Gasteiger charge is -2.02. The van der Waals surface area contributed by atoms with Gasteiger partial charge in [-0.3, -0.25) is 0 Å². The zero-order chi connectivity index (χ0) is 33.8. The Balaban J connectivity index is 1.14. The zero-order valence-corrected chi connectivity index (χ0v) is 36.5. The van der Waals surface area contributed by atoms with Crippen molar-refractivity contribution in [1.29, 1.82) is 0 Å². The van der Waals surface area contributed by atoms with E-state index in [-0.39, 0.29) is 0 Å². The van der Waals surface area contributed by atoms with Gasteiger partial charge < -0.3 is 0 Å². The van der Waals surface area contributed by atoms with Crippen LogP contribution in [-0.4, -0.2) is 0 Å². The van der Waals surface area contributed by atoms with E-state index in [0.717, 1.165) is 0 Å². The average molecular weight is 855 g/mol. The van der Waals surface area contributed by atoms with Gasteiger partial charge in [0.1, 0.15) is 0 Å². The Morgan fingerprint density at radius 2 is 0.667 bits per heavy atom. The molecule has 4 aromatic heterocycles. The molecule has 4 heterocycles. The molecule has 0 atom stereocenters. The molecule has 0 aliphatic heterocycles. The van der Waals surface area contributed by atoms with E-state index < -0.39 is 0 Å². The summed E-state index contributed by atoms with van der Waals surface area (Å²) in [5.41, 5.74) is 0. The van der Waals surface area contributed by atoms with Gasteiger partial charge in [0.2, 0.25) is 0 Å². The second-order valence-electron chi connectivity index (χ2n) is 14.0. The summed E-state index contributed by atoms with van der Waals surface area (Å²) in [4.78, 5) is 8.73. The lowest BCUT2D eigenvalue weighted by atomic mass is 10.0. The summed E-state index contributed by atoms with van der Waals surface area (Å²) in [5, 5.41) is 0. The SMILES string of the molecule is CCCCCCCCCCCCCCc1cc(Br)c(-c2cc3sc(-c4sc(CCCCCCCCCCCCCC)cc4Br)cc3s2)s1. The third-order valence-corrected chi connectivity index (χ3v) is 16.5. The van der Waals surface area contributed by atoms with Gasteiger partial charge >= 0.3 is 0 Å². The average Bonchev–Trinajstić information content (AvgIpc) is 3.84. The van der Waals surface area contributed by atoms with Crippen LogP contribution in [0.4, 0.5) is 0 Å². The topological polar surface area (TPSA) is 0 Å². The molecule has 0 unspecified atom stereocenters. The van der Waals surface area contributed by atoms with Gasteiger partial charge in [0.05, 0.1) is 9.75 Å². The molecule has 6 heteroatoms. The maximum Gasteiger partial charge on any atom is 0.0588 e. The van der Waals surface area contributed by atoms with E-state index in [1.165, 1.54) is 215 Å². The van der Waals surface area contributed by atoms with Crippen LogP contribution in [0.3, 0.4) is 0 Å². The fraction of sp³-hybridized carbons (Fsp3) is 0.667. The van der Waals surface area contributed by atoms with Crippen LogP contribution in [0, 0.1) is 0 Å². The Morgan fingerprint density at radius 1 is 0.375 bits per heavy atom. The Morgan fingerprint density at radius 3 is 0.979 bits per heavy atom. The van der Waals surface area contributed by atoms with Crippen LogP contribution >= 0.6 is 77.2 Å². The summed E-state index contributed by atoms with van der Waals surface area (Å²) in [7, 11) is 0. The molecular formula is C42H62Br2S4. The third-order valence-electron chi connectivity index (χ3n) is 9.68. The number of thiophene rings is 4. The molecule has 268 valence electrons. The van der Waals surface area contributed by atoms with E-state index in [1.807, 2.05) is 45.3 Å². The van der Waals surface area contributed by atoms with Gasteiger partial charge in [0.25, 0.3) is 0 Å². The first kappa shape index (κ1) is 40.8. The first-order chi connectivity index (χ1) is 23.6. The van der Waals surface area contributed by atoms with Gasteiger partial charge in [-0.15, -0.1) is 45.3 Å². The number of fused-ring (bicyclic) bond motifs is 1. The Hall–Kier alpha value is 0.0200. The Labute approximate surface area is 327 Å². The van der Waals surface area contributed by atoms with Gasteiger partial charge in [0.15, 0.2) is 0 Å². The first-order valence-corrected chi connectivity index (χ1v) is 24.5. The molecule has 0 amide bonds. The molecule has 4 aromatic rings. The summed E-state index contributed by atoms with van der Waals surface area (Å²) >= 11 is 15.7. The van der Waals surface area contributed by atoms with Crippen molar-refractivity contribution in [3.05, 3.63) is 43.0 Å². The van der Waals surface area contributed by atoms with E-state index >= 15 is 0 Å². The summed E-state index contributed by atoms with van der Waals surface area (Å²) in [6.07, 6.45) is 36.4. The van der Waals surface area contributed by atoms with Crippen LogP contribution in [0.25, 0.3) is 28.9 Å². The van der Waals surface area contributed by atoms with E-state index in [0.29, 0.717) is 0 Å². The van der Waals surface area contributed by atoms with Crippen LogP contribution in [0.15, 0.2) is 33.2 Å². The molecule has 48 heavy (non-hydrogen) atoms. The minimum absolute atomic E-state index is 1.22. The van der Waals surface area contributed by atoms with Gasteiger partial charge in [-0.2, -0.15) is 0 Å². The number of halogens is 2. The molecule has 0 saturated carbocycles. The molecule has 0 spiro atoms. The highest BCUT2D eigenvalue weighted by Crippen LogP contribution is 2.48. The molecule has 4 rings (SSSR count). The molecule has 0 aliphatic rings. The predicted molar refractivity (Wildman–Crippen MR) is 231 cm³/mol. The van der Waals surface area contributed by atoms with Gasteiger partial charge in [-0.05, 0) is 81.8 Å². The van der Waals surface area contributed by atoms with E-state index in [9.17, 15) is 0 Å². The minimum atomic E-state index is 1.22. The van der Waals surface area contributed by atoms with Gasteiger partial charge in [-0.25, -0.2) is 0 Å². The van der Waals surface area contributed by atoms with Crippen molar-refractivity contribution in [3.8, 4) is 19.5 Å². The van der Waals surface area contributed by atoms with Crippen LogP contribution in [0.2, 0.25) is 0 Å². The van der Waals surface area contributed by atoms with Crippen molar-refractivity contribution in [1.82, 2.24) is 0 Å². The molecule has 0 N–H and O–H groups in total. The molecular weight excluding hydrogens is 793 g/mol. The quantitative estimate of drug-likeness (QED) is 0.0499. The van der Waals surface area contributed by atoms with Crippen LogP contribution < -0.4 is 0 Å². The van der Waals surface area contributed by atoms with E-state index in [1.54, 1.807) is 0 Å². The molecule has 0 radical (unpaired) electrons. The smallest absolute Gasteiger partial charge is 0.0588 e. The lowest BCUT2D eigenvalue weighted by Crippen LogP contribution is -1.84. The Kier molecular flexibility index (Phi) is 20.6. The van der Waals surface area contributed by atoms with Crippen LogP contribution in [-0.2, 0) is 12.8 Å². The van der Waals surface area contributed by atoms with Crippen molar-refractivity contribution in [2.24, 2.45) is 0 Å². The van der Waals surface area contributed by atoms with Gasteiger partial charge in [-0.1, -0.05) is 155 Å². The van der Waals surface area contributed by atoms with Gasteiger partial charge in [0, 0.05) is 37.9 Å². The number of unbranched alkanes of at least 4 members (excludes halogenated alkanes) is 22. The predicted octanol–water partition coefficient (Wildman–Crippen LogP) is 18.4. The fourth-order valence-electron chi connectivity index (χ4n) is 6.75. The number of rotatable bonds is 28. The van der Waals surface area contributed by atoms with Crippen molar-refractivity contribution >= 4 is 86.6 Å². The second kappa shape index (κ2) is 24.3.